The van der Waals surface area contributed by atoms with Crippen molar-refractivity contribution in [2.24, 2.45) is 5.73 Å². The van der Waals surface area contributed by atoms with Crippen molar-refractivity contribution in [1.29, 1.82) is 0 Å². The Kier molecular flexibility index (Phi) is 4.46. The van der Waals surface area contributed by atoms with Gasteiger partial charge in [0.05, 0.1) is 7.11 Å². The third-order valence-electron chi connectivity index (χ3n) is 2.85. The molecule has 1 aromatic carbocycles. The predicted molar refractivity (Wildman–Crippen MR) is 64.6 cm³/mol. The number of nitrogens with two attached hydrogens (primary N) is 1. The van der Waals surface area contributed by atoms with Crippen molar-refractivity contribution in [3.8, 4) is 5.75 Å². The molecule has 0 saturated carbocycles. The summed E-state index contributed by atoms with van der Waals surface area (Å²) in [4.78, 5) is 0. The van der Waals surface area contributed by atoms with Crippen LogP contribution in [0.4, 0.5) is 8.78 Å². The molecule has 0 radical (unpaired) electrons. The molecule has 1 aromatic rings. The molecule has 0 fully saturated rings. The van der Waals surface area contributed by atoms with Gasteiger partial charge in [-0.1, -0.05) is 19.1 Å². The highest BCUT2D eigenvalue weighted by atomic mass is 19.3. The van der Waals surface area contributed by atoms with E-state index in [2.05, 4.69) is 0 Å². The molecule has 0 heterocycles. The SMILES string of the molecule is COc1cccc(C(C)(F)F)c1C(C)CCN. The van der Waals surface area contributed by atoms with Gasteiger partial charge in [0, 0.05) is 18.1 Å². The molecule has 0 saturated heterocycles. The zero-order valence-corrected chi connectivity index (χ0v) is 10.5. The third kappa shape index (κ3) is 3.16. The van der Waals surface area contributed by atoms with Crippen LogP contribution in [0.3, 0.4) is 0 Å². The lowest BCUT2D eigenvalue weighted by Crippen LogP contribution is -2.15. The van der Waals surface area contributed by atoms with E-state index in [1.54, 1.807) is 12.1 Å². The fourth-order valence-electron chi connectivity index (χ4n) is 2.01. The van der Waals surface area contributed by atoms with Crippen molar-refractivity contribution in [3.05, 3.63) is 29.3 Å². The Balaban J connectivity index is 3.30. The average molecular weight is 243 g/mol. The van der Waals surface area contributed by atoms with E-state index in [4.69, 9.17) is 10.5 Å². The lowest BCUT2D eigenvalue weighted by Gasteiger charge is -2.22. The number of hydrogen-bond donors (Lipinski definition) is 1. The Morgan fingerprint density at radius 3 is 2.53 bits per heavy atom. The van der Waals surface area contributed by atoms with Gasteiger partial charge in [0.2, 0.25) is 0 Å². The zero-order valence-electron chi connectivity index (χ0n) is 10.5. The van der Waals surface area contributed by atoms with E-state index >= 15 is 0 Å². The summed E-state index contributed by atoms with van der Waals surface area (Å²) in [7, 11) is 1.49. The monoisotopic (exact) mass is 243 g/mol. The molecule has 1 rings (SSSR count). The molecule has 17 heavy (non-hydrogen) atoms. The van der Waals surface area contributed by atoms with Crippen LogP contribution >= 0.6 is 0 Å². The van der Waals surface area contributed by atoms with E-state index in [-0.39, 0.29) is 11.5 Å². The molecular weight excluding hydrogens is 224 g/mol. The van der Waals surface area contributed by atoms with E-state index in [0.29, 0.717) is 24.3 Å². The van der Waals surface area contributed by atoms with Gasteiger partial charge in [0.25, 0.3) is 5.92 Å². The van der Waals surface area contributed by atoms with Crippen LogP contribution in [-0.4, -0.2) is 13.7 Å². The van der Waals surface area contributed by atoms with Crippen LogP contribution in [-0.2, 0) is 5.92 Å². The maximum absolute atomic E-state index is 13.5. The molecule has 4 heteroatoms. The Morgan fingerprint density at radius 2 is 2.06 bits per heavy atom. The van der Waals surface area contributed by atoms with Crippen LogP contribution < -0.4 is 10.5 Å². The highest BCUT2D eigenvalue weighted by Gasteiger charge is 2.30. The second-order valence-corrected chi connectivity index (χ2v) is 4.29. The molecule has 0 aromatic heterocycles. The summed E-state index contributed by atoms with van der Waals surface area (Å²) in [6, 6.07) is 4.74. The highest BCUT2D eigenvalue weighted by molar-refractivity contribution is 5.44. The largest absolute Gasteiger partial charge is 0.496 e. The fourth-order valence-corrected chi connectivity index (χ4v) is 2.01. The molecule has 0 aliphatic rings. The summed E-state index contributed by atoms with van der Waals surface area (Å²) in [5.74, 6) is -2.41. The van der Waals surface area contributed by atoms with Gasteiger partial charge in [-0.3, -0.25) is 0 Å². The van der Waals surface area contributed by atoms with Crippen LogP contribution in [0.25, 0.3) is 0 Å². The fraction of sp³-hybridized carbons (Fsp3) is 0.538. The topological polar surface area (TPSA) is 35.2 Å². The minimum absolute atomic E-state index is 0.0257. The van der Waals surface area contributed by atoms with Crippen LogP contribution in [0.2, 0.25) is 0 Å². The Bertz CT molecular complexity index is 374. The van der Waals surface area contributed by atoms with Gasteiger partial charge in [-0.05, 0) is 24.9 Å². The average Bonchev–Trinajstić information content (AvgIpc) is 2.27. The number of methoxy groups -OCH3 is 1. The first-order valence-corrected chi connectivity index (χ1v) is 5.67. The van der Waals surface area contributed by atoms with E-state index < -0.39 is 5.92 Å². The van der Waals surface area contributed by atoms with Crippen LogP contribution in [0.15, 0.2) is 18.2 Å². The standard InChI is InChI=1S/C13H19F2NO/c1-9(7-8-16)12-10(13(2,14)15)5-4-6-11(12)17-3/h4-6,9H,7-8,16H2,1-3H3. The van der Waals surface area contributed by atoms with Crippen LogP contribution in [0, 0.1) is 0 Å². The van der Waals surface area contributed by atoms with Gasteiger partial charge in [-0.25, -0.2) is 8.78 Å². The maximum atomic E-state index is 13.5. The Labute approximate surface area is 101 Å². The van der Waals surface area contributed by atoms with Crippen molar-refractivity contribution in [2.75, 3.05) is 13.7 Å². The van der Waals surface area contributed by atoms with E-state index in [9.17, 15) is 8.78 Å². The summed E-state index contributed by atoms with van der Waals surface area (Å²) in [5, 5.41) is 0. The normalized spacial score (nSPS) is 13.5. The smallest absolute Gasteiger partial charge is 0.270 e. The van der Waals surface area contributed by atoms with Gasteiger partial charge < -0.3 is 10.5 Å². The molecule has 1 unspecified atom stereocenters. The van der Waals surface area contributed by atoms with Gasteiger partial charge in [0.1, 0.15) is 5.75 Å². The number of benzene rings is 1. The number of halogens is 2. The first kappa shape index (κ1) is 13.9. The first-order valence-electron chi connectivity index (χ1n) is 5.67. The number of rotatable bonds is 5. The Hall–Kier alpha value is -1.16. The van der Waals surface area contributed by atoms with Crippen molar-refractivity contribution < 1.29 is 13.5 Å². The van der Waals surface area contributed by atoms with Crippen molar-refractivity contribution >= 4 is 0 Å². The Morgan fingerprint density at radius 1 is 1.41 bits per heavy atom. The molecule has 0 amide bonds. The molecule has 2 N–H and O–H groups in total. The molecule has 96 valence electrons. The quantitative estimate of drug-likeness (QED) is 0.861. The molecule has 0 aliphatic carbocycles. The molecule has 0 bridgehead atoms. The number of ether oxygens (including phenoxy) is 1. The molecule has 2 nitrogen and oxygen atoms in total. The van der Waals surface area contributed by atoms with Gasteiger partial charge in [-0.2, -0.15) is 0 Å². The second kappa shape index (κ2) is 5.45. The summed E-state index contributed by atoms with van der Waals surface area (Å²) in [5.41, 5.74) is 6.08. The minimum atomic E-state index is -2.87. The van der Waals surface area contributed by atoms with Gasteiger partial charge in [-0.15, -0.1) is 0 Å². The summed E-state index contributed by atoms with van der Waals surface area (Å²) in [6.07, 6.45) is 0.656. The van der Waals surface area contributed by atoms with E-state index in [1.165, 1.54) is 13.2 Å². The minimum Gasteiger partial charge on any atom is -0.496 e. The van der Waals surface area contributed by atoms with E-state index in [1.807, 2.05) is 6.92 Å². The number of hydrogen-bond acceptors (Lipinski definition) is 2. The summed E-state index contributed by atoms with van der Waals surface area (Å²) >= 11 is 0. The van der Waals surface area contributed by atoms with E-state index in [0.717, 1.165) is 6.92 Å². The molecule has 0 aliphatic heterocycles. The highest BCUT2D eigenvalue weighted by Crippen LogP contribution is 2.39. The van der Waals surface area contributed by atoms with Gasteiger partial charge >= 0.3 is 0 Å². The zero-order chi connectivity index (χ0) is 13.1. The lowest BCUT2D eigenvalue weighted by atomic mass is 9.90. The van der Waals surface area contributed by atoms with Crippen LogP contribution in [0.1, 0.15) is 37.3 Å². The van der Waals surface area contributed by atoms with Crippen molar-refractivity contribution in [1.82, 2.24) is 0 Å². The maximum Gasteiger partial charge on any atom is 0.270 e. The molecular formula is C13H19F2NO. The van der Waals surface area contributed by atoms with Crippen molar-refractivity contribution in [3.63, 3.8) is 0 Å². The molecule has 1 atom stereocenters. The van der Waals surface area contributed by atoms with Crippen molar-refractivity contribution in [2.45, 2.75) is 32.1 Å². The molecule has 0 spiro atoms. The predicted octanol–water partition coefficient (Wildman–Crippen LogP) is 3.26. The lowest BCUT2D eigenvalue weighted by molar-refractivity contribution is 0.0159. The summed E-state index contributed by atoms with van der Waals surface area (Å²) < 4.78 is 32.3. The van der Waals surface area contributed by atoms with Gasteiger partial charge in [0.15, 0.2) is 0 Å². The number of alkyl halides is 2. The summed E-state index contributed by atoms with van der Waals surface area (Å²) in [6.45, 7) is 3.26. The first-order chi connectivity index (χ1) is 7.91. The third-order valence-corrected chi connectivity index (χ3v) is 2.85. The second-order valence-electron chi connectivity index (χ2n) is 4.29. The van der Waals surface area contributed by atoms with Crippen LogP contribution in [0.5, 0.6) is 5.75 Å².